The first-order valence-corrected chi connectivity index (χ1v) is 14.8. The average Bonchev–Trinajstić information content (AvgIpc) is 2.82. The van der Waals surface area contributed by atoms with E-state index in [-0.39, 0.29) is 17.9 Å². The fraction of sp³-hybridized carbons (Fsp3) is 0.517. The van der Waals surface area contributed by atoms with Gasteiger partial charge < -0.3 is 10.2 Å². The maximum atomic E-state index is 13.7. The van der Waals surface area contributed by atoms with Crippen LogP contribution in [0.25, 0.3) is 0 Å². The van der Waals surface area contributed by atoms with Crippen molar-refractivity contribution in [3.8, 4) is 0 Å². The number of anilines is 1. The molecule has 0 aromatic heterocycles. The van der Waals surface area contributed by atoms with Crippen LogP contribution >= 0.6 is 0 Å². The molecule has 0 aliphatic heterocycles. The Labute approximate surface area is 223 Å². The molecule has 0 aliphatic carbocycles. The molecule has 0 spiro atoms. The largest absolute Gasteiger partial charge is 0.354 e. The van der Waals surface area contributed by atoms with Gasteiger partial charge >= 0.3 is 0 Å². The zero-order chi connectivity index (χ0) is 27.8. The van der Waals surface area contributed by atoms with Crippen molar-refractivity contribution in [2.75, 3.05) is 23.7 Å². The van der Waals surface area contributed by atoms with E-state index in [1.54, 1.807) is 12.1 Å². The lowest BCUT2D eigenvalue weighted by atomic mass is 9.87. The second-order valence-corrected chi connectivity index (χ2v) is 12.5. The Bertz CT molecular complexity index is 1140. The molecule has 0 aliphatic rings. The fourth-order valence-corrected chi connectivity index (χ4v) is 4.91. The molecule has 1 atom stereocenters. The summed E-state index contributed by atoms with van der Waals surface area (Å²) in [6.45, 7) is 12.5. The van der Waals surface area contributed by atoms with Gasteiger partial charge in [0.25, 0.3) is 0 Å². The van der Waals surface area contributed by atoms with Crippen LogP contribution in [-0.2, 0) is 31.6 Å². The number of hydrogen-bond donors (Lipinski definition) is 1. The lowest BCUT2D eigenvalue weighted by Gasteiger charge is -2.33. The van der Waals surface area contributed by atoms with Gasteiger partial charge in [0.05, 0.1) is 11.9 Å². The molecule has 7 nitrogen and oxygen atoms in total. The van der Waals surface area contributed by atoms with E-state index in [2.05, 4.69) is 26.1 Å². The SMILES string of the molecule is CCCCNC(=O)C(CC)N(Cc1ccc(C)cc1)C(=O)CN(c1ccc(C(C)(C)C)cc1)S(C)(=O)=O. The number of hydrogen-bond acceptors (Lipinski definition) is 4. The summed E-state index contributed by atoms with van der Waals surface area (Å²) in [7, 11) is -3.76. The summed E-state index contributed by atoms with van der Waals surface area (Å²) in [6.07, 6.45) is 3.30. The molecular weight excluding hydrogens is 486 g/mol. The van der Waals surface area contributed by atoms with Crippen molar-refractivity contribution in [3.05, 3.63) is 65.2 Å². The maximum absolute atomic E-state index is 13.7. The number of carbonyl (C=O) groups is 2. The van der Waals surface area contributed by atoms with Crippen molar-refractivity contribution in [3.63, 3.8) is 0 Å². The molecule has 8 heteroatoms. The van der Waals surface area contributed by atoms with Crippen LogP contribution in [0, 0.1) is 6.92 Å². The van der Waals surface area contributed by atoms with E-state index in [0.29, 0.717) is 18.7 Å². The van der Waals surface area contributed by atoms with Gasteiger partial charge in [-0.2, -0.15) is 0 Å². The molecule has 0 saturated heterocycles. The van der Waals surface area contributed by atoms with Crippen molar-refractivity contribution >= 4 is 27.5 Å². The highest BCUT2D eigenvalue weighted by molar-refractivity contribution is 7.92. The standard InChI is InChI=1S/C29H43N3O4S/c1-8-10-19-30-28(34)26(9-2)31(20-23-13-11-22(3)12-14-23)27(33)21-32(37(7,35)36)25-17-15-24(16-18-25)29(4,5)6/h11-18,26H,8-10,19-21H2,1-7H3,(H,30,34). The summed E-state index contributed by atoms with van der Waals surface area (Å²) < 4.78 is 26.7. The normalized spacial score (nSPS) is 12.6. The predicted molar refractivity (Wildman–Crippen MR) is 151 cm³/mol. The Morgan fingerprint density at radius 1 is 0.973 bits per heavy atom. The van der Waals surface area contributed by atoms with Crippen molar-refractivity contribution in [1.82, 2.24) is 10.2 Å². The number of nitrogens with zero attached hydrogens (tertiary/aromatic N) is 2. The van der Waals surface area contributed by atoms with Crippen molar-refractivity contribution < 1.29 is 18.0 Å². The minimum atomic E-state index is -3.76. The van der Waals surface area contributed by atoms with Crippen molar-refractivity contribution in [2.24, 2.45) is 0 Å². The highest BCUT2D eigenvalue weighted by Gasteiger charge is 2.31. The zero-order valence-electron chi connectivity index (χ0n) is 23.4. The highest BCUT2D eigenvalue weighted by atomic mass is 32.2. The first-order valence-electron chi connectivity index (χ1n) is 13.0. The van der Waals surface area contributed by atoms with Gasteiger partial charge in [0.15, 0.2) is 0 Å². The second kappa shape index (κ2) is 13.1. The smallest absolute Gasteiger partial charge is 0.244 e. The van der Waals surface area contributed by atoms with Gasteiger partial charge in [0.1, 0.15) is 12.6 Å². The fourth-order valence-electron chi connectivity index (χ4n) is 4.06. The zero-order valence-corrected chi connectivity index (χ0v) is 24.2. The van der Waals surface area contributed by atoms with Crippen molar-refractivity contribution in [1.29, 1.82) is 0 Å². The Hall–Kier alpha value is -2.87. The van der Waals surface area contributed by atoms with E-state index in [1.165, 1.54) is 4.90 Å². The summed E-state index contributed by atoms with van der Waals surface area (Å²) in [4.78, 5) is 28.3. The predicted octanol–water partition coefficient (Wildman–Crippen LogP) is 4.78. The summed E-state index contributed by atoms with van der Waals surface area (Å²) in [5.74, 6) is -0.653. The number of aryl methyl sites for hydroxylation is 1. The summed E-state index contributed by atoms with van der Waals surface area (Å²) in [6, 6.07) is 14.3. The van der Waals surface area contributed by atoms with E-state index in [1.807, 2.05) is 57.2 Å². The molecule has 0 radical (unpaired) electrons. The Kier molecular flexibility index (Phi) is 10.7. The number of amides is 2. The molecule has 0 heterocycles. The number of rotatable bonds is 12. The Morgan fingerprint density at radius 3 is 2.05 bits per heavy atom. The van der Waals surface area contributed by atoms with E-state index in [9.17, 15) is 18.0 Å². The lowest BCUT2D eigenvalue weighted by Crippen LogP contribution is -2.52. The molecular formula is C29H43N3O4S. The Balaban J connectivity index is 2.40. The van der Waals surface area contributed by atoms with E-state index in [4.69, 9.17) is 0 Å². The maximum Gasteiger partial charge on any atom is 0.244 e. The van der Waals surface area contributed by atoms with Crippen LogP contribution in [0.2, 0.25) is 0 Å². The molecule has 2 amide bonds. The molecule has 0 fully saturated rings. The molecule has 2 rings (SSSR count). The van der Waals surface area contributed by atoms with Crippen LogP contribution in [0.1, 0.15) is 70.6 Å². The second-order valence-electron chi connectivity index (χ2n) is 10.6. The van der Waals surface area contributed by atoms with Gasteiger partial charge in [-0.1, -0.05) is 83.0 Å². The molecule has 2 aromatic rings. The molecule has 0 bridgehead atoms. The van der Waals surface area contributed by atoms with Crippen molar-refractivity contribution in [2.45, 2.75) is 78.8 Å². The van der Waals surface area contributed by atoms with Gasteiger partial charge in [-0.25, -0.2) is 8.42 Å². The molecule has 204 valence electrons. The summed E-state index contributed by atoms with van der Waals surface area (Å²) in [5.41, 5.74) is 3.35. The van der Waals surface area contributed by atoms with Crippen LogP contribution in [0.5, 0.6) is 0 Å². The summed E-state index contributed by atoms with van der Waals surface area (Å²) in [5, 5.41) is 2.94. The van der Waals surface area contributed by atoms with Gasteiger partial charge in [-0.15, -0.1) is 0 Å². The van der Waals surface area contributed by atoms with Gasteiger partial charge in [0.2, 0.25) is 21.8 Å². The minimum absolute atomic E-state index is 0.0887. The number of benzene rings is 2. The van der Waals surface area contributed by atoms with Crippen LogP contribution < -0.4 is 9.62 Å². The third-order valence-electron chi connectivity index (χ3n) is 6.39. The lowest BCUT2D eigenvalue weighted by molar-refractivity contribution is -0.140. The molecule has 0 saturated carbocycles. The third-order valence-corrected chi connectivity index (χ3v) is 7.53. The molecule has 2 aromatic carbocycles. The first-order chi connectivity index (χ1) is 17.3. The van der Waals surface area contributed by atoms with Gasteiger partial charge in [-0.3, -0.25) is 13.9 Å². The Morgan fingerprint density at radius 2 is 1.57 bits per heavy atom. The van der Waals surface area contributed by atoms with E-state index >= 15 is 0 Å². The van der Waals surface area contributed by atoms with Crippen LogP contribution in [-0.4, -0.2) is 50.5 Å². The van der Waals surface area contributed by atoms with Gasteiger partial charge in [-0.05, 0) is 48.4 Å². The average molecular weight is 530 g/mol. The van der Waals surface area contributed by atoms with E-state index in [0.717, 1.165) is 40.1 Å². The number of nitrogens with one attached hydrogen (secondary N) is 1. The topological polar surface area (TPSA) is 86.8 Å². The summed E-state index contributed by atoms with van der Waals surface area (Å²) >= 11 is 0. The number of sulfonamides is 1. The first kappa shape index (κ1) is 30.4. The van der Waals surface area contributed by atoms with Gasteiger partial charge in [0, 0.05) is 13.1 Å². The highest BCUT2D eigenvalue weighted by Crippen LogP contribution is 2.26. The molecule has 1 unspecified atom stereocenters. The van der Waals surface area contributed by atoms with E-state index < -0.39 is 28.5 Å². The molecule has 37 heavy (non-hydrogen) atoms. The number of carbonyl (C=O) groups excluding carboxylic acids is 2. The monoisotopic (exact) mass is 529 g/mol. The third kappa shape index (κ3) is 8.88. The van der Waals surface area contributed by atoms with Crippen LogP contribution in [0.3, 0.4) is 0 Å². The van der Waals surface area contributed by atoms with Crippen LogP contribution in [0.15, 0.2) is 48.5 Å². The molecule has 1 N–H and O–H groups in total. The minimum Gasteiger partial charge on any atom is -0.354 e. The quantitative estimate of drug-likeness (QED) is 0.401. The van der Waals surface area contributed by atoms with Crippen LogP contribution in [0.4, 0.5) is 5.69 Å². The number of unbranched alkanes of at least 4 members (excludes halogenated alkanes) is 1.